The molecule has 0 bridgehead atoms. The number of urea groups is 1. The molecular weight excluding hydrogens is 530 g/mol. The van der Waals surface area contributed by atoms with Crippen molar-refractivity contribution in [2.45, 2.75) is 20.5 Å². The molecule has 4 amide bonds. The molecule has 0 radical (unpaired) electrons. The molecule has 3 aromatic rings. The van der Waals surface area contributed by atoms with Gasteiger partial charge in [0.1, 0.15) is 17.9 Å². The van der Waals surface area contributed by atoms with Gasteiger partial charge in [-0.2, -0.15) is 0 Å². The molecule has 1 aliphatic rings. The molecule has 1 aliphatic heterocycles. The summed E-state index contributed by atoms with van der Waals surface area (Å²) in [7, 11) is 0. The van der Waals surface area contributed by atoms with Crippen LogP contribution in [0.2, 0.25) is 0 Å². The smallest absolute Gasteiger partial charge is 0.335 e. The summed E-state index contributed by atoms with van der Waals surface area (Å²) in [5.74, 6) is -1.04. The average molecular weight is 550 g/mol. The Balaban J connectivity index is 1.56. The molecule has 0 aliphatic carbocycles. The van der Waals surface area contributed by atoms with Gasteiger partial charge in [-0.3, -0.25) is 25.0 Å². The summed E-state index contributed by atoms with van der Waals surface area (Å²) in [6, 6.07) is 15.6. The van der Waals surface area contributed by atoms with Gasteiger partial charge in [-0.1, -0.05) is 24.3 Å². The van der Waals surface area contributed by atoms with Crippen LogP contribution >= 0.6 is 15.9 Å². The Hall–Kier alpha value is -4.31. The maximum Gasteiger partial charge on any atom is 0.335 e. The molecule has 0 unspecified atom stereocenters. The van der Waals surface area contributed by atoms with E-state index in [2.05, 4.69) is 21.2 Å². The number of nitro groups is 1. The van der Waals surface area contributed by atoms with Crippen molar-refractivity contribution in [3.8, 4) is 5.75 Å². The number of anilines is 1. The quantitative estimate of drug-likeness (QED) is 0.195. The zero-order valence-corrected chi connectivity index (χ0v) is 20.9. The van der Waals surface area contributed by atoms with Crippen molar-refractivity contribution in [1.29, 1.82) is 0 Å². The molecule has 1 N–H and O–H groups in total. The van der Waals surface area contributed by atoms with Crippen LogP contribution in [0.1, 0.15) is 22.3 Å². The third-order valence-corrected chi connectivity index (χ3v) is 5.97. The van der Waals surface area contributed by atoms with Crippen molar-refractivity contribution in [2.75, 3.05) is 4.90 Å². The molecule has 1 saturated heterocycles. The van der Waals surface area contributed by atoms with E-state index in [1.807, 2.05) is 19.9 Å². The third-order valence-electron chi connectivity index (χ3n) is 5.35. The molecule has 1 fully saturated rings. The highest BCUT2D eigenvalue weighted by Crippen LogP contribution is 2.29. The lowest BCUT2D eigenvalue weighted by Crippen LogP contribution is -2.54. The van der Waals surface area contributed by atoms with Crippen LogP contribution in [0, 0.1) is 24.0 Å². The first kappa shape index (κ1) is 24.8. The lowest BCUT2D eigenvalue weighted by Gasteiger charge is -2.27. The van der Waals surface area contributed by atoms with Gasteiger partial charge in [-0.15, -0.1) is 0 Å². The summed E-state index contributed by atoms with van der Waals surface area (Å²) in [5.41, 5.74) is 3.06. The number of barbiturate groups is 1. The molecule has 0 saturated carbocycles. The van der Waals surface area contributed by atoms with Crippen molar-refractivity contribution >= 4 is 51.2 Å². The number of rotatable bonds is 6. The van der Waals surface area contributed by atoms with E-state index in [1.54, 1.807) is 42.5 Å². The fourth-order valence-corrected chi connectivity index (χ4v) is 4.29. The van der Waals surface area contributed by atoms with Crippen LogP contribution in [0.4, 0.5) is 16.2 Å². The van der Waals surface area contributed by atoms with Crippen LogP contribution in [0.15, 0.2) is 70.7 Å². The number of carbonyl (C=O) groups excluding carboxylic acids is 3. The lowest BCUT2D eigenvalue weighted by molar-refractivity contribution is -0.384. The number of nitro benzene ring substituents is 1. The largest absolute Gasteiger partial charge is 0.488 e. The van der Waals surface area contributed by atoms with Crippen LogP contribution in [0.3, 0.4) is 0 Å². The number of amides is 4. The topological polar surface area (TPSA) is 119 Å². The summed E-state index contributed by atoms with van der Waals surface area (Å²) in [6.45, 7) is 3.81. The molecular formula is C26H20BrN3O6. The molecule has 182 valence electrons. The van der Waals surface area contributed by atoms with E-state index < -0.39 is 22.8 Å². The van der Waals surface area contributed by atoms with Crippen LogP contribution in [0.5, 0.6) is 5.75 Å². The van der Waals surface area contributed by atoms with Crippen LogP contribution in [0.25, 0.3) is 6.08 Å². The second-order valence-corrected chi connectivity index (χ2v) is 9.06. The first-order valence-corrected chi connectivity index (χ1v) is 11.6. The summed E-state index contributed by atoms with van der Waals surface area (Å²) in [5, 5.41) is 13.2. The highest BCUT2D eigenvalue weighted by atomic mass is 79.9. The number of carbonyl (C=O) groups is 3. The Morgan fingerprint density at radius 3 is 2.42 bits per heavy atom. The Kier molecular flexibility index (Phi) is 6.98. The predicted octanol–water partition coefficient (Wildman–Crippen LogP) is 5.22. The van der Waals surface area contributed by atoms with Gasteiger partial charge >= 0.3 is 6.03 Å². The van der Waals surface area contributed by atoms with Crippen LogP contribution in [-0.4, -0.2) is 22.8 Å². The van der Waals surface area contributed by atoms with Gasteiger partial charge in [-0.25, -0.2) is 9.69 Å². The Labute approximate surface area is 214 Å². The van der Waals surface area contributed by atoms with E-state index in [9.17, 15) is 24.5 Å². The molecule has 0 spiro atoms. The number of non-ortho nitro benzene ring substituents is 1. The number of ether oxygens (including phenoxy) is 1. The van der Waals surface area contributed by atoms with Gasteiger partial charge < -0.3 is 4.74 Å². The summed E-state index contributed by atoms with van der Waals surface area (Å²) in [4.78, 5) is 49.5. The van der Waals surface area contributed by atoms with E-state index in [-0.39, 0.29) is 17.9 Å². The first-order valence-electron chi connectivity index (χ1n) is 10.8. The second-order valence-electron chi connectivity index (χ2n) is 8.21. The minimum atomic E-state index is -0.807. The summed E-state index contributed by atoms with van der Waals surface area (Å²) < 4.78 is 6.32. The fraction of sp³-hybridized carbons (Fsp3) is 0.115. The first-order chi connectivity index (χ1) is 17.1. The van der Waals surface area contributed by atoms with Crippen LogP contribution < -0.4 is 15.0 Å². The Morgan fingerprint density at radius 2 is 1.75 bits per heavy atom. The average Bonchev–Trinajstić information content (AvgIpc) is 2.80. The highest BCUT2D eigenvalue weighted by Gasteiger charge is 2.37. The molecule has 9 nitrogen and oxygen atoms in total. The van der Waals surface area contributed by atoms with Gasteiger partial charge in [0, 0.05) is 12.1 Å². The number of halogens is 1. The van der Waals surface area contributed by atoms with Crippen molar-refractivity contribution < 1.29 is 24.0 Å². The number of imide groups is 2. The summed E-state index contributed by atoms with van der Waals surface area (Å²) in [6.07, 6.45) is 1.40. The number of hydrogen-bond acceptors (Lipinski definition) is 6. The maximum atomic E-state index is 13.2. The predicted molar refractivity (Wildman–Crippen MR) is 136 cm³/mol. The van der Waals surface area contributed by atoms with Crippen molar-refractivity contribution in [3.05, 3.63) is 103 Å². The maximum absolute atomic E-state index is 13.2. The zero-order valence-electron chi connectivity index (χ0n) is 19.3. The second kappa shape index (κ2) is 10.1. The number of aryl methyl sites for hydroxylation is 2. The van der Waals surface area contributed by atoms with Crippen molar-refractivity contribution in [3.63, 3.8) is 0 Å². The Bertz CT molecular complexity index is 1430. The number of benzene rings is 3. The molecule has 0 atom stereocenters. The number of nitrogens with one attached hydrogen (secondary N) is 1. The standard InChI is InChI=1S/C26H20BrN3O6/c1-15-8-16(2)10-20(9-15)29-25(32)21(24(31)28-26(29)33)12-17-6-7-23(22(27)13-17)36-14-18-4-3-5-19(11-18)30(34)35/h3-13H,14H2,1-2H3,(H,28,31,33)/b21-12+. The normalized spacial score (nSPS) is 14.7. The zero-order chi connectivity index (χ0) is 26.0. The molecule has 4 rings (SSSR count). The van der Waals surface area contributed by atoms with Crippen molar-refractivity contribution in [2.24, 2.45) is 0 Å². The lowest BCUT2D eigenvalue weighted by atomic mass is 10.1. The van der Waals surface area contributed by atoms with Gasteiger partial charge in [-0.05, 0) is 82.4 Å². The van der Waals surface area contributed by atoms with E-state index in [0.717, 1.165) is 16.0 Å². The van der Waals surface area contributed by atoms with Gasteiger partial charge in [0.2, 0.25) is 0 Å². The van der Waals surface area contributed by atoms with E-state index in [4.69, 9.17) is 4.74 Å². The third kappa shape index (κ3) is 5.33. The molecule has 36 heavy (non-hydrogen) atoms. The number of nitrogens with zero attached hydrogens (tertiary/aromatic N) is 2. The van der Waals surface area contributed by atoms with Gasteiger partial charge in [0.15, 0.2) is 0 Å². The fourth-order valence-electron chi connectivity index (χ4n) is 3.78. The highest BCUT2D eigenvalue weighted by molar-refractivity contribution is 9.10. The minimum Gasteiger partial charge on any atom is -0.488 e. The van der Waals surface area contributed by atoms with E-state index >= 15 is 0 Å². The van der Waals surface area contributed by atoms with Crippen LogP contribution in [-0.2, 0) is 16.2 Å². The van der Waals surface area contributed by atoms with Crippen molar-refractivity contribution in [1.82, 2.24) is 5.32 Å². The molecule has 0 aromatic heterocycles. The summed E-state index contributed by atoms with van der Waals surface area (Å²) >= 11 is 3.42. The molecule has 10 heteroatoms. The Morgan fingerprint density at radius 1 is 1.03 bits per heavy atom. The van der Waals surface area contributed by atoms with E-state index in [1.165, 1.54) is 18.2 Å². The molecule has 1 heterocycles. The van der Waals surface area contributed by atoms with Gasteiger partial charge in [0.05, 0.1) is 15.1 Å². The monoisotopic (exact) mass is 549 g/mol. The number of hydrogen-bond donors (Lipinski definition) is 1. The minimum absolute atomic E-state index is 0.0269. The van der Waals surface area contributed by atoms with E-state index in [0.29, 0.717) is 27.0 Å². The molecule has 3 aromatic carbocycles. The van der Waals surface area contributed by atoms with Gasteiger partial charge in [0.25, 0.3) is 17.5 Å². The SMILES string of the molecule is Cc1cc(C)cc(N2C(=O)NC(=O)/C(=C\c3ccc(OCc4cccc([N+](=O)[O-])c4)c(Br)c3)C2=O)c1.